The van der Waals surface area contributed by atoms with Crippen molar-refractivity contribution < 1.29 is 14.8 Å². The van der Waals surface area contributed by atoms with E-state index in [-0.39, 0.29) is 30.8 Å². The van der Waals surface area contributed by atoms with E-state index in [0.29, 0.717) is 24.7 Å². The van der Waals surface area contributed by atoms with E-state index in [9.17, 15) is 14.9 Å². The number of hydrogen-bond donors (Lipinski definition) is 2. The average Bonchev–Trinajstić information content (AvgIpc) is 3.20. The zero-order valence-electron chi connectivity index (χ0n) is 12.0. The van der Waals surface area contributed by atoms with Crippen molar-refractivity contribution in [3.05, 3.63) is 22.1 Å². The number of aliphatic hydroxyl groups is 1. The Balaban J connectivity index is 1.84. The van der Waals surface area contributed by atoms with Crippen LogP contribution in [-0.2, 0) is 11.3 Å². The van der Waals surface area contributed by atoms with Crippen molar-refractivity contribution in [2.24, 2.45) is 5.92 Å². The van der Waals surface area contributed by atoms with E-state index in [2.05, 4.69) is 10.3 Å². The van der Waals surface area contributed by atoms with Crippen LogP contribution >= 0.6 is 0 Å². The molecule has 8 heteroatoms. The minimum absolute atomic E-state index is 0.0423. The summed E-state index contributed by atoms with van der Waals surface area (Å²) < 4.78 is 1.61. The highest BCUT2D eigenvalue weighted by atomic mass is 16.6. The number of nitrogens with one attached hydrogen (secondary N) is 1. The molecule has 0 radical (unpaired) electrons. The second kappa shape index (κ2) is 6.66. The zero-order valence-corrected chi connectivity index (χ0v) is 12.0. The molecule has 8 nitrogen and oxygen atoms in total. The molecule has 0 aromatic carbocycles. The number of aromatic nitrogens is 2. The first-order valence-corrected chi connectivity index (χ1v) is 7.09. The first-order chi connectivity index (χ1) is 10.0. The lowest BCUT2D eigenvalue weighted by Gasteiger charge is -2.17. The maximum absolute atomic E-state index is 11.9. The number of imidazole rings is 1. The van der Waals surface area contributed by atoms with Crippen LogP contribution < -0.4 is 5.32 Å². The number of hydrogen-bond acceptors (Lipinski definition) is 5. The van der Waals surface area contributed by atoms with Gasteiger partial charge in [-0.25, -0.2) is 0 Å². The first-order valence-electron chi connectivity index (χ1n) is 7.09. The van der Waals surface area contributed by atoms with Gasteiger partial charge in [0.1, 0.15) is 6.20 Å². The Morgan fingerprint density at radius 2 is 2.38 bits per heavy atom. The summed E-state index contributed by atoms with van der Waals surface area (Å²) in [7, 11) is 0. The molecule has 0 aliphatic heterocycles. The normalized spacial score (nSPS) is 15.7. The first kappa shape index (κ1) is 15.4. The fraction of sp³-hybridized carbons (Fsp3) is 0.692. The monoisotopic (exact) mass is 296 g/mol. The fourth-order valence-electron chi connectivity index (χ4n) is 2.37. The molecule has 0 saturated heterocycles. The van der Waals surface area contributed by atoms with Crippen molar-refractivity contribution in [1.29, 1.82) is 0 Å². The summed E-state index contributed by atoms with van der Waals surface area (Å²) >= 11 is 0. The summed E-state index contributed by atoms with van der Waals surface area (Å²) in [4.78, 5) is 25.8. The molecule has 1 saturated carbocycles. The molecule has 0 spiro atoms. The summed E-state index contributed by atoms with van der Waals surface area (Å²) in [6, 6.07) is 0.0423. The summed E-state index contributed by atoms with van der Waals surface area (Å²) in [5, 5.41) is 22.6. The summed E-state index contributed by atoms with van der Waals surface area (Å²) in [5.74, 6) is 0.695. The van der Waals surface area contributed by atoms with Gasteiger partial charge in [-0.15, -0.1) is 0 Å². The highest BCUT2D eigenvalue weighted by Crippen LogP contribution is 2.33. The highest BCUT2D eigenvalue weighted by Gasteiger charge is 2.31. The molecule has 1 amide bonds. The van der Waals surface area contributed by atoms with Gasteiger partial charge in [-0.05, 0) is 35.1 Å². The molecule has 1 aliphatic rings. The molecule has 1 unspecified atom stereocenters. The van der Waals surface area contributed by atoms with Crippen LogP contribution in [0.15, 0.2) is 6.20 Å². The van der Waals surface area contributed by atoms with Crippen molar-refractivity contribution in [1.82, 2.24) is 14.9 Å². The lowest BCUT2D eigenvalue weighted by Crippen LogP contribution is -2.37. The minimum atomic E-state index is -0.548. The van der Waals surface area contributed by atoms with Gasteiger partial charge in [-0.3, -0.25) is 4.79 Å². The lowest BCUT2D eigenvalue weighted by molar-refractivity contribution is -0.389. The number of nitrogens with zero attached hydrogens (tertiary/aromatic N) is 3. The molecule has 2 rings (SSSR count). The third-order valence-corrected chi connectivity index (χ3v) is 3.71. The van der Waals surface area contributed by atoms with E-state index < -0.39 is 4.92 Å². The number of carbonyl (C=O) groups excluding carboxylic acids is 1. The van der Waals surface area contributed by atoms with Gasteiger partial charge in [-0.2, -0.15) is 0 Å². The summed E-state index contributed by atoms with van der Waals surface area (Å²) in [6.45, 7) is 2.09. The Morgan fingerprint density at radius 1 is 1.67 bits per heavy atom. The predicted octanol–water partition coefficient (Wildman–Crippen LogP) is 0.767. The van der Waals surface area contributed by atoms with E-state index in [1.807, 2.05) is 0 Å². The minimum Gasteiger partial charge on any atom is -0.396 e. The van der Waals surface area contributed by atoms with Crippen LogP contribution in [0.2, 0.25) is 0 Å². The highest BCUT2D eigenvalue weighted by molar-refractivity contribution is 5.76. The molecule has 1 fully saturated rings. The quantitative estimate of drug-likeness (QED) is 0.543. The molecule has 21 heavy (non-hydrogen) atoms. The number of nitro groups is 1. The third kappa shape index (κ3) is 4.25. The second-order valence-electron chi connectivity index (χ2n) is 5.37. The number of rotatable bonds is 8. The smallest absolute Gasteiger partial charge is 0.381 e. The maximum Gasteiger partial charge on any atom is 0.381 e. The van der Waals surface area contributed by atoms with Gasteiger partial charge in [0.05, 0.1) is 0 Å². The molecule has 1 aromatic heterocycles. The van der Waals surface area contributed by atoms with Crippen molar-refractivity contribution in [2.75, 3.05) is 6.61 Å². The number of aryl methyl sites for hydroxylation is 2. The summed E-state index contributed by atoms with van der Waals surface area (Å²) in [6.07, 6.45) is 4.35. The van der Waals surface area contributed by atoms with Gasteiger partial charge in [-0.1, -0.05) is 0 Å². The number of amides is 1. The predicted molar refractivity (Wildman–Crippen MR) is 74.6 cm³/mol. The Labute approximate surface area is 122 Å². The van der Waals surface area contributed by atoms with Crippen LogP contribution in [-0.4, -0.2) is 38.1 Å². The van der Waals surface area contributed by atoms with Crippen LogP contribution in [0.25, 0.3) is 0 Å². The Kier molecular flexibility index (Phi) is 4.89. The van der Waals surface area contributed by atoms with Crippen molar-refractivity contribution >= 4 is 11.7 Å². The van der Waals surface area contributed by atoms with Crippen LogP contribution in [0.5, 0.6) is 0 Å². The zero-order chi connectivity index (χ0) is 15.4. The van der Waals surface area contributed by atoms with Gasteiger partial charge in [0.25, 0.3) is 0 Å². The van der Waals surface area contributed by atoms with Crippen LogP contribution in [0.3, 0.4) is 0 Å². The van der Waals surface area contributed by atoms with Crippen molar-refractivity contribution in [3.8, 4) is 0 Å². The lowest BCUT2D eigenvalue weighted by atomic mass is 10.1. The molecule has 1 aliphatic carbocycles. The van der Waals surface area contributed by atoms with Crippen molar-refractivity contribution in [3.63, 3.8) is 0 Å². The van der Waals surface area contributed by atoms with E-state index in [4.69, 9.17) is 5.11 Å². The molecule has 116 valence electrons. The standard InChI is InChI=1S/C13H20N4O4/c1-9-14-12(17(20)21)8-16(9)6-4-13(19)15-11(5-7-18)10-2-3-10/h8,10-11,18H,2-7H2,1H3,(H,15,19). The van der Waals surface area contributed by atoms with Gasteiger partial charge in [0.15, 0.2) is 0 Å². The molecule has 1 heterocycles. The molecule has 1 aromatic rings. The van der Waals surface area contributed by atoms with Gasteiger partial charge >= 0.3 is 5.82 Å². The second-order valence-corrected chi connectivity index (χ2v) is 5.37. The number of aliphatic hydroxyl groups excluding tert-OH is 1. The van der Waals surface area contributed by atoms with Crippen LogP contribution in [0.4, 0.5) is 5.82 Å². The average molecular weight is 296 g/mol. The van der Waals surface area contributed by atoms with E-state index in [0.717, 1.165) is 12.8 Å². The molecule has 1 atom stereocenters. The molecular weight excluding hydrogens is 276 g/mol. The van der Waals surface area contributed by atoms with Crippen LogP contribution in [0.1, 0.15) is 31.5 Å². The van der Waals surface area contributed by atoms with Gasteiger partial charge in [0, 0.05) is 32.5 Å². The van der Waals surface area contributed by atoms with E-state index in [1.54, 1.807) is 11.5 Å². The Hall–Kier alpha value is -1.96. The molecule has 2 N–H and O–H groups in total. The van der Waals surface area contributed by atoms with Gasteiger partial charge < -0.3 is 25.1 Å². The molecular formula is C13H20N4O4. The van der Waals surface area contributed by atoms with Gasteiger partial charge in [0.2, 0.25) is 11.7 Å². The number of carbonyl (C=O) groups is 1. The summed E-state index contributed by atoms with van der Waals surface area (Å²) in [5.41, 5.74) is 0. The fourth-order valence-corrected chi connectivity index (χ4v) is 2.37. The Morgan fingerprint density at radius 3 is 2.90 bits per heavy atom. The third-order valence-electron chi connectivity index (χ3n) is 3.71. The SMILES string of the molecule is Cc1nc([N+](=O)[O-])cn1CCC(=O)NC(CCO)C1CC1. The van der Waals surface area contributed by atoms with E-state index in [1.165, 1.54) is 6.20 Å². The largest absolute Gasteiger partial charge is 0.396 e. The van der Waals surface area contributed by atoms with E-state index >= 15 is 0 Å². The topological polar surface area (TPSA) is 110 Å². The maximum atomic E-state index is 11.9. The van der Waals surface area contributed by atoms with Crippen molar-refractivity contribution in [2.45, 2.75) is 45.2 Å². The molecule has 0 bridgehead atoms. The Bertz CT molecular complexity index is 524. The van der Waals surface area contributed by atoms with Crippen LogP contribution in [0, 0.1) is 23.0 Å².